The first-order chi connectivity index (χ1) is 13.6. The number of carboxylic acid groups (broad SMARTS) is 1. The van der Waals surface area contributed by atoms with E-state index in [-0.39, 0.29) is 11.6 Å². The van der Waals surface area contributed by atoms with E-state index >= 15 is 0 Å². The molecule has 28 heavy (non-hydrogen) atoms. The monoisotopic (exact) mass is 378 g/mol. The number of aromatic carboxylic acids is 1. The molecule has 5 rings (SSSR count). The predicted octanol–water partition coefficient (Wildman–Crippen LogP) is 3.36. The van der Waals surface area contributed by atoms with Crippen LogP contribution in [-0.4, -0.2) is 20.2 Å². The summed E-state index contributed by atoms with van der Waals surface area (Å²) in [6.07, 6.45) is 3.68. The van der Waals surface area contributed by atoms with E-state index in [2.05, 4.69) is 17.4 Å². The summed E-state index contributed by atoms with van der Waals surface area (Å²) in [6, 6.07) is 11.5. The molecule has 5 heteroatoms. The molecule has 5 atom stereocenters. The van der Waals surface area contributed by atoms with Gasteiger partial charge >= 0.3 is 0 Å². The van der Waals surface area contributed by atoms with Gasteiger partial charge in [-0.2, -0.15) is 0 Å². The van der Waals surface area contributed by atoms with E-state index in [9.17, 15) is 9.90 Å². The molecule has 2 aliphatic carbocycles. The van der Waals surface area contributed by atoms with Crippen LogP contribution in [0.3, 0.4) is 0 Å². The third kappa shape index (κ3) is 2.35. The van der Waals surface area contributed by atoms with E-state index in [0.717, 1.165) is 16.9 Å². The second kappa shape index (κ2) is 6.43. The minimum Gasteiger partial charge on any atom is -0.545 e. The van der Waals surface area contributed by atoms with Crippen molar-refractivity contribution in [2.24, 2.45) is 17.8 Å². The number of hydrogen-bond donors (Lipinski definition) is 1. The number of carbonyl (C=O) groups excluding carboxylic acids is 1. The van der Waals surface area contributed by atoms with Crippen molar-refractivity contribution < 1.29 is 19.4 Å². The van der Waals surface area contributed by atoms with Crippen LogP contribution in [-0.2, 0) is 0 Å². The third-order valence-electron chi connectivity index (χ3n) is 7.11. The maximum atomic E-state index is 11.8. The molecule has 2 fully saturated rings. The summed E-state index contributed by atoms with van der Waals surface area (Å²) in [7, 11) is 3.29. The molecule has 0 radical (unpaired) electrons. The van der Waals surface area contributed by atoms with Gasteiger partial charge in [0.15, 0.2) is 11.5 Å². The number of fused-ring (bicyclic) bond motifs is 7. The average Bonchev–Trinajstić information content (AvgIpc) is 3.34. The van der Waals surface area contributed by atoms with Gasteiger partial charge in [-0.05, 0) is 54.6 Å². The standard InChI is InChI=1S/C23H25NO4/c1-27-17-8-4-6-15(22(17)28-2)21-19-13-10-9-12(11-13)18(19)14-5-3-7-16(23(25)26)20(14)24-21/h3-8,12-13,18-19,21,24H,9-11H2,1-2H3,(H,25,26)/p-1/t12-,13-,18+,19-,21+/m0/s1. The molecule has 146 valence electrons. The molecule has 0 saturated heterocycles. The highest BCUT2D eigenvalue weighted by Gasteiger charge is 2.54. The Kier molecular flexibility index (Phi) is 4.00. The van der Waals surface area contributed by atoms with Crippen molar-refractivity contribution in [1.29, 1.82) is 0 Å². The Morgan fingerprint density at radius 1 is 1.04 bits per heavy atom. The smallest absolute Gasteiger partial charge is 0.165 e. The van der Waals surface area contributed by atoms with Crippen molar-refractivity contribution in [2.75, 3.05) is 19.5 Å². The molecule has 3 aliphatic rings. The van der Waals surface area contributed by atoms with Gasteiger partial charge in [-0.25, -0.2) is 0 Å². The number of hydrogen-bond acceptors (Lipinski definition) is 5. The number of anilines is 1. The van der Waals surface area contributed by atoms with E-state index in [4.69, 9.17) is 9.47 Å². The Balaban J connectivity index is 1.70. The minimum atomic E-state index is -1.14. The topological polar surface area (TPSA) is 70.6 Å². The number of ether oxygens (including phenoxy) is 2. The molecule has 1 heterocycles. The van der Waals surface area contributed by atoms with Gasteiger partial charge in [-0.15, -0.1) is 0 Å². The predicted molar refractivity (Wildman–Crippen MR) is 104 cm³/mol. The van der Waals surface area contributed by atoms with E-state index in [0.29, 0.717) is 35.1 Å². The fraction of sp³-hybridized carbons (Fsp3) is 0.435. The van der Waals surface area contributed by atoms with Crippen molar-refractivity contribution >= 4 is 11.7 Å². The number of nitrogens with one attached hydrogen (secondary N) is 1. The number of carbonyl (C=O) groups is 1. The number of benzene rings is 2. The van der Waals surface area contributed by atoms with Crippen molar-refractivity contribution in [3.63, 3.8) is 0 Å². The molecule has 0 unspecified atom stereocenters. The van der Waals surface area contributed by atoms with Crippen LogP contribution in [0.25, 0.3) is 0 Å². The minimum absolute atomic E-state index is 0.0154. The Bertz CT molecular complexity index is 940. The van der Waals surface area contributed by atoms with Gasteiger partial charge < -0.3 is 24.7 Å². The molecular formula is C23H24NO4-. The van der Waals surface area contributed by atoms with Crippen LogP contribution in [0.4, 0.5) is 5.69 Å². The zero-order valence-corrected chi connectivity index (χ0v) is 16.1. The van der Waals surface area contributed by atoms with Gasteiger partial charge in [0, 0.05) is 16.8 Å². The van der Waals surface area contributed by atoms with Crippen molar-refractivity contribution in [3.05, 3.63) is 53.1 Å². The van der Waals surface area contributed by atoms with Gasteiger partial charge in [0.2, 0.25) is 0 Å². The van der Waals surface area contributed by atoms with Gasteiger partial charge in [-0.3, -0.25) is 0 Å². The van der Waals surface area contributed by atoms with Gasteiger partial charge in [0.1, 0.15) is 0 Å². The molecule has 0 aromatic heterocycles. The average molecular weight is 378 g/mol. The van der Waals surface area contributed by atoms with Crippen molar-refractivity contribution in [3.8, 4) is 11.5 Å². The summed E-state index contributed by atoms with van der Waals surface area (Å²) in [5.74, 6) is 2.33. The van der Waals surface area contributed by atoms with Crippen LogP contribution in [0, 0.1) is 17.8 Å². The van der Waals surface area contributed by atoms with Crippen LogP contribution in [0.2, 0.25) is 0 Å². The van der Waals surface area contributed by atoms with Crippen LogP contribution >= 0.6 is 0 Å². The van der Waals surface area contributed by atoms with Crippen LogP contribution in [0.1, 0.15) is 52.7 Å². The molecular weight excluding hydrogens is 354 g/mol. The lowest BCUT2D eigenvalue weighted by molar-refractivity contribution is -0.254. The molecule has 5 nitrogen and oxygen atoms in total. The summed E-state index contributed by atoms with van der Waals surface area (Å²) in [6.45, 7) is 0. The van der Waals surface area contributed by atoms with Gasteiger partial charge in [0.25, 0.3) is 0 Å². The number of rotatable bonds is 4. The van der Waals surface area contributed by atoms with Crippen LogP contribution < -0.4 is 19.9 Å². The summed E-state index contributed by atoms with van der Waals surface area (Å²) in [5.41, 5.74) is 3.12. The molecule has 2 saturated carbocycles. The van der Waals surface area contributed by atoms with Gasteiger partial charge in [0.05, 0.1) is 26.2 Å². The van der Waals surface area contributed by atoms with Gasteiger partial charge in [-0.1, -0.05) is 30.3 Å². The lowest BCUT2D eigenvalue weighted by Gasteiger charge is -2.44. The lowest BCUT2D eigenvalue weighted by Crippen LogP contribution is -2.37. The second-order valence-electron chi connectivity index (χ2n) is 8.20. The number of carboxylic acids is 1. The highest BCUT2D eigenvalue weighted by molar-refractivity contribution is 5.94. The first kappa shape index (κ1) is 17.4. The molecule has 0 amide bonds. The zero-order valence-electron chi connectivity index (χ0n) is 16.1. The largest absolute Gasteiger partial charge is 0.545 e. The Hall–Kier alpha value is -2.69. The van der Waals surface area contributed by atoms with E-state index < -0.39 is 5.97 Å². The highest BCUT2D eigenvalue weighted by Crippen LogP contribution is 2.64. The second-order valence-corrected chi connectivity index (χ2v) is 8.20. The first-order valence-electron chi connectivity index (χ1n) is 9.95. The van der Waals surface area contributed by atoms with E-state index in [1.807, 2.05) is 18.2 Å². The van der Waals surface area contributed by atoms with E-state index in [1.165, 1.54) is 19.3 Å². The Labute approximate surface area is 164 Å². The molecule has 0 spiro atoms. The maximum Gasteiger partial charge on any atom is 0.165 e. The van der Waals surface area contributed by atoms with Crippen molar-refractivity contribution in [2.45, 2.75) is 31.2 Å². The Morgan fingerprint density at radius 3 is 2.54 bits per heavy atom. The maximum absolute atomic E-state index is 11.8. The highest BCUT2D eigenvalue weighted by atomic mass is 16.5. The quantitative estimate of drug-likeness (QED) is 0.883. The SMILES string of the molecule is COc1cccc([C@H]2Nc3c(C(=O)[O-])cccc3[C@H]3[C@H]4CC[C@@H](C4)[C@@H]32)c1OC. The number of methoxy groups -OCH3 is 2. The fourth-order valence-corrected chi connectivity index (χ4v) is 6.15. The molecule has 2 aromatic rings. The van der Waals surface area contributed by atoms with Crippen LogP contribution in [0.15, 0.2) is 36.4 Å². The third-order valence-corrected chi connectivity index (χ3v) is 7.11. The first-order valence-corrected chi connectivity index (χ1v) is 9.95. The summed E-state index contributed by atoms with van der Waals surface area (Å²) in [5, 5.41) is 15.4. The fourth-order valence-electron chi connectivity index (χ4n) is 6.15. The zero-order chi connectivity index (χ0) is 19.4. The molecule has 2 bridgehead atoms. The molecule has 1 aliphatic heterocycles. The molecule has 2 aromatic carbocycles. The molecule has 1 N–H and O–H groups in total. The summed E-state index contributed by atoms with van der Waals surface area (Å²) in [4.78, 5) is 11.8. The summed E-state index contributed by atoms with van der Waals surface area (Å²) < 4.78 is 11.2. The van der Waals surface area contributed by atoms with Crippen LogP contribution in [0.5, 0.6) is 11.5 Å². The normalized spacial score (nSPS) is 29.6. The summed E-state index contributed by atoms with van der Waals surface area (Å²) >= 11 is 0. The number of para-hydroxylation sites is 2. The Morgan fingerprint density at radius 2 is 1.79 bits per heavy atom. The van der Waals surface area contributed by atoms with E-state index in [1.54, 1.807) is 20.3 Å². The van der Waals surface area contributed by atoms with Crippen molar-refractivity contribution in [1.82, 2.24) is 0 Å². The lowest BCUT2D eigenvalue weighted by atomic mass is 9.67.